The number of fused-ring (bicyclic) bond motifs is 1. The van der Waals surface area contributed by atoms with E-state index in [1.54, 1.807) is 35.6 Å². The summed E-state index contributed by atoms with van der Waals surface area (Å²) in [6, 6.07) is 9.01. The predicted octanol–water partition coefficient (Wildman–Crippen LogP) is 3.01. The molecule has 0 unspecified atom stereocenters. The van der Waals surface area contributed by atoms with Crippen molar-refractivity contribution in [3.05, 3.63) is 51.2 Å². The highest BCUT2D eigenvalue weighted by Gasteiger charge is 2.16. The molecule has 0 bridgehead atoms. The van der Waals surface area contributed by atoms with E-state index in [0.29, 0.717) is 5.69 Å². The summed E-state index contributed by atoms with van der Waals surface area (Å²) in [5.41, 5.74) is 2.72. The second kappa shape index (κ2) is 8.81. The zero-order valence-corrected chi connectivity index (χ0v) is 15.7. The SMILES string of the molecule is O=C(O)CNC(=O)Cc1ccc(NC(=O)c2cc3c(s2)CCCCC3)cc1. The van der Waals surface area contributed by atoms with Crippen molar-refractivity contribution in [2.75, 3.05) is 11.9 Å². The van der Waals surface area contributed by atoms with E-state index in [1.807, 2.05) is 6.07 Å². The van der Waals surface area contributed by atoms with Crippen molar-refractivity contribution < 1.29 is 19.5 Å². The Kier molecular flexibility index (Phi) is 6.24. The average Bonchev–Trinajstić information content (AvgIpc) is 2.92. The second-order valence-corrected chi connectivity index (χ2v) is 7.75. The summed E-state index contributed by atoms with van der Waals surface area (Å²) in [6.07, 6.45) is 5.84. The Bertz CT molecular complexity index is 819. The van der Waals surface area contributed by atoms with Gasteiger partial charge in [-0.2, -0.15) is 0 Å². The van der Waals surface area contributed by atoms with Crippen molar-refractivity contribution in [1.82, 2.24) is 5.32 Å². The molecule has 3 rings (SSSR count). The monoisotopic (exact) mass is 386 g/mol. The number of aryl methyl sites for hydroxylation is 2. The highest BCUT2D eigenvalue weighted by atomic mass is 32.1. The zero-order valence-electron chi connectivity index (χ0n) is 14.9. The Morgan fingerprint density at radius 3 is 2.52 bits per heavy atom. The van der Waals surface area contributed by atoms with Crippen molar-refractivity contribution in [3.8, 4) is 0 Å². The molecule has 0 saturated heterocycles. The first-order chi connectivity index (χ1) is 13.0. The lowest BCUT2D eigenvalue weighted by molar-refractivity contribution is -0.137. The first-order valence-electron chi connectivity index (χ1n) is 9.01. The van der Waals surface area contributed by atoms with Crippen molar-refractivity contribution in [3.63, 3.8) is 0 Å². The Morgan fingerprint density at radius 2 is 1.78 bits per heavy atom. The van der Waals surface area contributed by atoms with Crippen LogP contribution in [0.4, 0.5) is 5.69 Å². The first-order valence-corrected chi connectivity index (χ1v) is 9.83. The number of nitrogens with one attached hydrogen (secondary N) is 2. The Labute approximate surface area is 161 Å². The molecular formula is C20H22N2O4S. The lowest BCUT2D eigenvalue weighted by Gasteiger charge is -2.06. The van der Waals surface area contributed by atoms with Crippen LogP contribution < -0.4 is 10.6 Å². The number of amides is 2. The summed E-state index contributed by atoms with van der Waals surface area (Å²) in [5, 5.41) is 13.8. The molecule has 6 nitrogen and oxygen atoms in total. The van der Waals surface area contributed by atoms with E-state index in [1.165, 1.54) is 29.7 Å². The predicted molar refractivity (Wildman–Crippen MR) is 104 cm³/mol. The molecule has 142 valence electrons. The largest absolute Gasteiger partial charge is 0.480 e. The molecule has 2 amide bonds. The standard InChI is InChI=1S/C20H22N2O4S/c23-18(21-12-19(24)25)10-13-6-8-15(9-7-13)22-20(26)17-11-14-4-2-1-3-5-16(14)27-17/h6-9,11H,1-5,10,12H2,(H,21,23)(H,22,26)(H,24,25). The third kappa shape index (κ3) is 5.40. The van der Waals surface area contributed by atoms with Crippen molar-refractivity contribution in [2.45, 2.75) is 38.5 Å². The Balaban J connectivity index is 1.57. The summed E-state index contributed by atoms with van der Waals surface area (Å²) in [6.45, 7) is -0.391. The zero-order chi connectivity index (χ0) is 19.2. The van der Waals surface area contributed by atoms with Crippen LogP contribution in [0.3, 0.4) is 0 Å². The maximum Gasteiger partial charge on any atom is 0.322 e. The van der Waals surface area contributed by atoms with Gasteiger partial charge in [0.25, 0.3) is 5.91 Å². The van der Waals surface area contributed by atoms with Gasteiger partial charge in [-0.1, -0.05) is 18.6 Å². The number of hydrogen-bond donors (Lipinski definition) is 3. The van der Waals surface area contributed by atoms with Crippen LogP contribution in [-0.4, -0.2) is 29.4 Å². The number of hydrogen-bond acceptors (Lipinski definition) is 4. The van der Waals surface area contributed by atoms with E-state index in [2.05, 4.69) is 10.6 Å². The van der Waals surface area contributed by atoms with E-state index in [-0.39, 0.29) is 18.2 Å². The maximum atomic E-state index is 12.5. The van der Waals surface area contributed by atoms with E-state index >= 15 is 0 Å². The quantitative estimate of drug-likeness (QED) is 0.665. The molecule has 0 spiro atoms. The summed E-state index contributed by atoms with van der Waals surface area (Å²) >= 11 is 1.58. The molecule has 0 fully saturated rings. The molecule has 1 aliphatic carbocycles. The highest BCUT2D eigenvalue weighted by molar-refractivity contribution is 7.14. The number of benzene rings is 1. The minimum absolute atomic E-state index is 0.0964. The van der Waals surface area contributed by atoms with Crippen LogP contribution in [0, 0.1) is 0 Å². The van der Waals surface area contributed by atoms with Gasteiger partial charge < -0.3 is 15.7 Å². The van der Waals surface area contributed by atoms with Crippen LogP contribution in [0.1, 0.15) is 44.9 Å². The van der Waals surface area contributed by atoms with Crippen LogP contribution in [0.2, 0.25) is 0 Å². The lowest BCUT2D eigenvalue weighted by atomic mass is 10.1. The third-order valence-corrected chi connectivity index (χ3v) is 5.72. The van der Waals surface area contributed by atoms with Gasteiger partial charge in [-0.15, -0.1) is 11.3 Å². The molecule has 1 aromatic heterocycles. The molecule has 3 N–H and O–H groups in total. The van der Waals surface area contributed by atoms with Gasteiger partial charge in [0, 0.05) is 10.6 Å². The van der Waals surface area contributed by atoms with E-state index < -0.39 is 12.5 Å². The topological polar surface area (TPSA) is 95.5 Å². The molecule has 0 radical (unpaired) electrons. The molecule has 27 heavy (non-hydrogen) atoms. The number of carboxylic acids is 1. The van der Waals surface area contributed by atoms with Crippen LogP contribution in [0.5, 0.6) is 0 Å². The van der Waals surface area contributed by atoms with Gasteiger partial charge in [0.15, 0.2) is 0 Å². The summed E-state index contributed by atoms with van der Waals surface area (Å²) in [7, 11) is 0. The molecule has 1 aromatic carbocycles. The molecule has 0 saturated carbocycles. The molecule has 0 aliphatic heterocycles. The fourth-order valence-electron chi connectivity index (χ4n) is 3.10. The molecule has 0 atom stereocenters. The first kappa shape index (κ1) is 19.1. The average molecular weight is 386 g/mol. The smallest absolute Gasteiger partial charge is 0.322 e. The number of carbonyl (C=O) groups excluding carboxylic acids is 2. The normalized spacial score (nSPS) is 13.3. The van der Waals surface area contributed by atoms with Crippen molar-refractivity contribution in [2.24, 2.45) is 0 Å². The Morgan fingerprint density at radius 1 is 1.04 bits per heavy atom. The van der Waals surface area contributed by atoms with E-state index in [9.17, 15) is 14.4 Å². The number of carboxylic acid groups (broad SMARTS) is 1. The second-order valence-electron chi connectivity index (χ2n) is 6.62. The maximum absolute atomic E-state index is 12.5. The van der Waals surface area contributed by atoms with Gasteiger partial charge in [-0.3, -0.25) is 14.4 Å². The van der Waals surface area contributed by atoms with Gasteiger partial charge in [0.05, 0.1) is 11.3 Å². The number of carbonyl (C=O) groups is 3. The van der Waals surface area contributed by atoms with Crippen molar-refractivity contribution >= 4 is 34.8 Å². The number of thiophene rings is 1. The van der Waals surface area contributed by atoms with Gasteiger partial charge in [-0.05, 0) is 55.0 Å². The lowest BCUT2D eigenvalue weighted by Crippen LogP contribution is -2.30. The van der Waals surface area contributed by atoms with Gasteiger partial charge in [0.2, 0.25) is 5.91 Å². The van der Waals surface area contributed by atoms with Crippen LogP contribution in [0.15, 0.2) is 30.3 Å². The number of rotatable bonds is 6. The van der Waals surface area contributed by atoms with Gasteiger partial charge >= 0.3 is 5.97 Å². The van der Waals surface area contributed by atoms with Gasteiger partial charge in [-0.25, -0.2) is 0 Å². The molecule has 7 heteroatoms. The fourth-order valence-corrected chi connectivity index (χ4v) is 4.25. The van der Waals surface area contributed by atoms with Crippen molar-refractivity contribution in [1.29, 1.82) is 0 Å². The third-order valence-electron chi connectivity index (χ3n) is 4.48. The summed E-state index contributed by atoms with van der Waals surface area (Å²) in [5.74, 6) is -1.54. The molecular weight excluding hydrogens is 364 g/mol. The van der Waals surface area contributed by atoms with Crippen LogP contribution in [0.25, 0.3) is 0 Å². The van der Waals surface area contributed by atoms with E-state index in [4.69, 9.17) is 5.11 Å². The molecule has 2 aromatic rings. The van der Waals surface area contributed by atoms with Crippen LogP contribution >= 0.6 is 11.3 Å². The summed E-state index contributed by atoms with van der Waals surface area (Å²) in [4.78, 5) is 36.7. The number of aliphatic carboxylic acids is 1. The Hall–Kier alpha value is -2.67. The van der Waals surface area contributed by atoms with Gasteiger partial charge in [0.1, 0.15) is 6.54 Å². The highest BCUT2D eigenvalue weighted by Crippen LogP contribution is 2.29. The minimum Gasteiger partial charge on any atom is -0.480 e. The molecule has 1 heterocycles. The minimum atomic E-state index is -1.08. The number of anilines is 1. The fraction of sp³-hybridized carbons (Fsp3) is 0.350. The van der Waals surface area contributed by atoms with E-state index in [0.717, 1.165) is 23.3 Å². The van der Waals surface area contributed by atoms with Crippen LogP contribution in [-0.2, 0) is 28.9 Å². The summed E-state index contributed by atoms with van der Waals surface area (Å²) < 4.78 is 0. The molecule has 1 aliphatic rings.